The van der Waals surface area contributed by atoms with E-state index in [0.717, 1.165) is 13.0 Å². The molecule has 0 aliphatic heterocycles. The number of nitrogens with two attached hydrogens (primary N) is 1. The zero-order chi connectivity index (χ0) is 12.5. The molecule has 1 fully saturated rings. The summed E-state index contributed by atoms with van der Waals surface area (Å²) in [5.74, 6) is 0.688. The highest BCUT2D eigenvalue weighted by molar-refractivity contribution is 4.75. The Bertz CT molecular complexity index is 190. The highest BCUT2D eigenvalue weighted by Gasteiger charge is 2.24. The Hall–Kier alpha value is -0.160. The van der Waals surface area contributed by atoms with Crippen LogP contribution in [0.5, 0.6) is 0 Å². The molecule has 1 saturated carbocycles. The SMILES string of the molecule is CCC1CCCCC1OCC(O)CNCCN. The Morgan fingerprint density at radius 3 is 2.88 bits per heavy atom. The lowest BCUT2D eigenvalue weighted by Crippen LogP contribution is -2.36. The van der Waals surface area contributed by atoms with Crippen molar-refractivity contribution in [1.82, 2.24) is 5.32 Å². The van der Waals surface area contributed by atoms with Crippen molar-refractivity contribution in [2.24, 2.45) is 11.7 Å². The first-order valence-electron chi connectivity index (χ1n) is 6.98. The molecule has 3 unspecified atom stereocenters. The number of rotatable bonds is 8. The lowest BCUT2D eigenvalue weighted by molar-refractivity contribution is -0.0498. The van der Waals surface area contributed by atoms with Gasteiger partial charge in [-0.05, 0) is 18.8 Å². The average Bonchev–Trinajstić information content (AvgIpc) is 2.37. The molecule has 0 amide bonds. The Morgan fingerprint density at radius 2 is 2.18 bits per heavy atom. The molecule has 3 atom stereocenters. The molecule has 4 heteroatoms. The van der Waals surface area contributed by atoms with Crippen molar-refractivity contribution in [3.8, 4) is 0 Å². The van der Waals surface area contributed by atoms with Crippen molar-refractivity contribution in [2.45, 2.75) is 51.2 Å². The minimum absolute atomic E-state index is 0.359. The van der Waals surface area contributed by atoms with E-state index in [1.807, 2.05) is 0 Å². The van der Waals surface area contributed by atoms with E-state index in [9.17, 15) is 5.11 Å². The van der Waals surface area contributed by atoms with Crippen molar-refractivity contribution >= 4 is 0 Å². The van der Waals surface area contributed by atoms with Gasteiger partial charge < -0.3 is 20.9 Å². The first-order valence-corrected chi connectivity index (χ1v) is 6.98. The molecule has 0 aromatic rings. The van der Waals surface area contributed by atoms with Crippen LogP contribution in [0.4, 0.5) is 0 Å². The number of hydrogen-bond donors (Lipinski definition) is 3. The summed E-state index contributed by atoms with van der Waals surface area (Å²) in [5.41, 5.74) is 5.37. The third-order valence-electron chi connectivity index (χ3n) is 3.57. The number of aliphatic hydroxyl groups excluding tert-OH is 1. The van der Waals surface area contributed by atoms with E-state index in [4.69, 9.17) is 10.5 Å². The monoisotopic (exact) mass is 244 g/mol. The molecule has 0 aromatic heterocycles. The second kappa shape index (κ2) is 8.86. The molecule has 0 heterocycles. The van der Waals surface area contributed by atoms with Crippen molar-refractivity contribution in [1.29, 1.82) is 0 Å². The fourth-order valence-electron chi connectivity index (χ4n) is 2.52. The molecule has 1 aliphatic rings. The first kappa shape index (κ1) is 14.9. The van der Waals surface area contributed by atoms with Crippen LogP contribution >= 0.6 is 0 Å². The first-order chi connectivity index (χ1) is 8.27. The average molecular weight is 244 g/mol. The van der Waals surface area contributed by atoms with Crippen LogP contribution in [0.25, 0.3) is 0 Å². The normalized spacial score (nSPS) is 27.0. The van der Waals surface area contributed by atoms with E-state index < -0.39 is 6.10 Å². The van der Waals surface area contributed by atoms with Gasteiger partial charge in [0.2, 0.25) is 0 Å². The Labute approximate surface area is 105 Å². The fourth-order valence-corrected chi connectivity index (χ4v) is 2.52. The number of aliphatic hydroxyl groups is 1. The van der Waals surface area contributed by atoms with Crippen LogP contribution in [-0.4, -0.2) is 43.6 Å². The number of hydrogen-bond acceptors (Lipinski definition) is 4. The van der Waals surface area contributed by atoms with Gasteiger partial charge in [-0.15, -0.1) is 0 Å². The van der Waals surface area contributed by atoms with Gasteiger partial charge in [-0.25, -0.2) is 0 Å². The van der Waals surface area contributed by atoms with Gasteiger partial charge in [-0.2, -0.15) is 0 Å². The summed E-state index contributed by atoms with van der Waals surface area (Å²) < 4.78 is 5.86. The predicted octanol–water partition coefficient (Wildman–Crippen LogP) is 0.881. The van der Waals surface area contributed by atoms with Crippen LogP contribution in [0.3, 0.4) is 0 Å². The smallest absolute Gasteiger partial charge is 0.0897 e. The third-order valence-corrected chi connectivity index (χ3v) is 3.57. The molecule has 0 radical (unpaired) electrons. The minimum Gasteiger partial charge on any atom is -0.389 e. The van der Waals surface area contributed by atoms with Crippen LogP contribution < -0.4 is 11.1 Å². The molecule has 0 saturated heterocycles. The van der Waals surface area contributed by atoms with Gasteiger partial charge in [0.1, 0.15) is 0 Å². The molecule has 1 rings (SSSR count). The topological polar surface area (TPSA) is 67.5 Å². The second-order valence-corrected chi connectivity index (χ2v) is 4.97. The number of nitrogens with one attached hydrogen (secondary N) is 1. The largest absolute Gasteiger partial charge is 0.389 e. The lowest BCUT2D eigenvalue weighted by Gasteiger charge is -2.31. The summed E-state index contributed by atoms with van der Waals surface area (Å²) >= 11 is 0. The van der Waals surface area contributed by atoms with Gasteiger partial charge in [-0.3, -0.25) is 0 Å². The Kier molecular flexibility index (Phi) is 7.77. The molecule has 0 spiro atoms. The van der Waals surface area contributed by atoms with E-state index in [-0.39, 0.29) is 0 Å². The lowest BCUT2D eigenvalue weighted by atomic mass is 9.85. The third kappa shape index (κ3) is 5.82. The highest BCUT2D eigenvalue weighted by atomic mass is 16.5. The van der Waals surface area contributed by atoms with E-state index in [2.05, 4.69) is 12.2 Å². The van der Waals surface area contributed by atoms with Gasteiger partial charge in [0.05, 0.1) is 18.8 Å². The molecule has 102 valence electrons. The van der Waals surface area contributed by atoms with Gasteiger partial charge in [-0.1, -0.05) is 26.2 Å². The van der Waals surface area contributed by atoms with Crippen LogP contribution in [0, 0.1) is 5.92 Å². The van der Waals surface area contributed by atoms with Crippen LogP contribution in [-0.2, 0) is 4.74 Å². The summed E-state index contributed by atoms with van der Waals surface area (Å²) in [6, 6.07) is 0. The summed E-state index contributed by atoms with van der Waals surface area (Å²) in [4.78, 5) is 0. The van der Waals surface area contributed by atoms with E-state index in [0.29, 0.717) is 31.7 Å². The predicted molar refractivity (Wildman–Crippen MR) is 69.9 cm³/mol. The number of ether oxygens (including phenoxy) is 1. The van der Waals surface area contributed by atoms with Crippen molar-refractivity contribution < 1.29 is 9.84 Å². The molecule has 0 bridgehead atoms. The molecular weight excluding hydrogens is 216 g/mol. The van der Waals surface area contributed by atoms with Crippen LogP contribution in [0.15, 0.2) is 0 Å². The zero-order valence-electron chi connectivity index (χ0n) is 11.0. The minimum atomic E-state index is -0.416. The van der Waals surface area contributed by atoms with Crippen molar-refractivity contribution in [3.05, 3.63) is 0 Å². The van der Waals surface area contributed by atoms with E-state index >= 15 is 0 Å². The van der Waals surface area contributed by atoms with Crippen LogP contribution in [0.1, 0.15) is 39.0 Å². The fraction of sp³-hybridized carbons (Fsp3) is 1.00. The highest BCUT2D eigenvalue weighted by Crippen LogP contribution is 2.29. The summed E-state index contributed by atoms with van der Waals surface area (Å²) in [5, 5.41) is 12.8. The molecular formula is C13H28N2O2. The van der Waals surface area contributed by atoms with Gasteiger partial charge in [0, 0.05) is 19.6 Å². The molecule has 4 nitrogen and oxygen atoms in total. The summed E-state index contributed by atoms with van der Waals surface area (Å²) in [7, 11) is 0. The molecule has 0 aromatic carbocycles. The maximum absolute atomic E-state index is 9.74. The van der Waals surface area contributed by atoms with E-state index in [1.54, 1.807) is 0 Å². The standard InChI is InChI=1S/C13H28N2O2/c1-2-11-5-3-4-6-13(11)17-10-12(16)9-15-8-7-14/h11-13,15-16H,2-10,14H2,1H3. The molecule has 17 heavy (non-hydrogen) atoms. The van der Waals surface area contributed by atoms with Gasteiger partial charge >= 0.3 is 0 Å². The summed E-state index contributed by atoms with van der Waals surface area (Å²) in [6.45, 7) is 4.59. The van der Waals surface area contributed by atoms with Crippen molar-refractivity contribution in [2.75, 3.05) is 26.2 Å². The zero-order valence-corrected chi connectivity index (χ0v) is 11.0. The van der Waals surface area contributed by atoms with Gasteiger partial charge in [0.15, 0.2) is 0 Å². The van der Waals surface area contributed by atoms with Crippen molar-refractivity contribution in [3.63, 3.8) is 0 Å². The van der Waals surface area contributed by atoms with E-state index in [1.165, 1.54) is 25.7 Å². The molecule has 4 N–H and O–H groups in total. The molecule has 1 aliphatic carbocycles. The van der Waals surface area contributed by atoms with Crippen LogP contribution in [0.2, 0.25) is 0 Å². The maximum atomic E-state index is 9.74. The Morgan fingerprint density at radius 1 is 1.41 bits per heavy atom. The van der Waals surface area contributed by atoms with Gasteiger partial charge in [0.25, 0.3) is 0 Å². The summed E-state index contributed by atoms with van der Waals surface area (Å²) in [6.07, 6.45) is 6.16. The quantitative estimate of drug-likeness (QED) is 0.555. The second-order valence-electron chi connectivity index (χ2n) is 4.97. The maximum Gasteiger partial charge on any atom is 0.0897 e. The Balaban J connectivity index is 2.14.